The monoisotopic (exact) mass is 210 g/mol. The van der Waals surface area contributed by atoms with Gasteiger partial charge in [-0.05, 0) is 19.9 Å². The zero-order valence-corrected chi connectivity index (χ0v) is 9.24. The van der Waals surface area contributed by atoms with Crippen LogP contribution in [0.4, 0.5) is 0 Å². The highest BCUT2D eigenvalue weighted by atomic mass is 16.6. The first kappa shape index (κ1) is 10.9. The molecule has 2 rings (SSSR count). The molecule has 2 heterocycles. The van der Waals surface area contributed by atoms with E-state index < -0.39 is 0 Å². The van der Waals surface area contributed by atoms with Gasteiger partial charge in [-0.1, -0.05) is 0 Å². The highest BCUT2D eigenvalue weighted by Crippen LogP contribution is 2.34. The van der Waals surface area contributed by atoms with E-state index in [1.807, 2.05) is 7.05 Å². The molecule has 1 spiro atoms. The Morgan fingerprint density at radius 2 is 2.40 bits per heavy atom. The Kier molecular flexibility index (Phi) is 3.25. The fourth-order valence-corrected chi connectivity index (χ4v) is 2.48. The molecular weight excluding hydrogens is 192 g/mol. The minimum absolute atomic E-state index is 0.0490. The van der Waals surface area contributed by atoms with Crippen molar-refractivity contribution in [3.8, 4) is 6.07 Å². The largest absolute Gasteiger partial charge is 0.378 e. The minimum atomic E-state index is -0.0490. The third-order valence-electron chi connectivity index (χ3n) is 3.48. The molecule has 2 aliphatic heterocycles. The van der Waals surface area contributed by atoms with Crippen LogP contribution in [0, 0.1) is 11.3 Å². The van der Waals surface area contributed by atoms with Gasteiger partial charge in [0, 0.05) is 25.7 Å². The molecule has 0 amide bonds. The number of nitrogens with zero attached hydrogens (tertiary/aromatic N) is 2. The van der Waals surface area contributed by atoms with E-state index in [1.165, 1.54) is 0 Å². The van der Waals surface area contributed by atoms with E-state index >= 15 is 0 Å². The lowest BCUT2D eigenvalue weighted by Gasteiger charge is -2.40. The third-order valence-corrected chi connectivity index (χ3v) is 3.48. The highest BCUT2D eigenvalue weighted by Gasteiger charge is 2.41. The van der Waals surface area contributed by atoms with Gasteiger partial charge in [0.2, 0.25) is 0 Å². The molecule has 2 saturated heterocycles. The Labute approximate surface area is 90.8 Å². The molecule has 2 fully saturated rings. The molecule has 2 atom stereocenters. The van der Waals surface area contributed by atoms with E-state index in [4.69, 9.17) is 14.7 Å². The number of nitriles is 1. The van der Waals surface area contributed by atoms with Gasteiger partial charge >= 0.3 is 0 Å². The molecule has 84 valence electrons. The summed E-state index contributed by atoms with van der Waals surface area (Å²) in [5, 5.41) is 8.68. The summed E-state index contributed by atoms with van der Waals surface area (Å²) in [5.41, 5.74) is -0.0490. The van der Waals surface area contributed by atoms with Crippen molar-refractivity contribution < 1.29 is 9.47 Å². The highest BCUT2D eigenvalue weighted by molar-refractivity contribution is 4.94. The maximum Gasteiger partial charge on any atom is 0.0951 e. The molecule has 0 saturated carbocycles. The van der Waals surface area contributed by atoms with E-state index in [0.717, 1.165) is 39.1 Å². The number of ether oxygens (including phenoxy) is 2. The van der Waals surface area contributed by atoms with Gasteiger partial charge in [0.15, 0.2) is 0 Å². The first-order valence-corrected chi connectivity index (χ1v) is 5.55. The third kappa shape index (κ3) is 2.31. The first-order valence-electron chi connectivity index (χ1n) is 5.55. The van der Waals surface area contributed by atoms with Crippen molar-refractivity contribution >= 4 is 0 Å². The number of hydrogen-bond acceptors (Lipinski definition) is 4. The van der Waals surface area contributed by atoms with E-state index in [2.05, 4.69) is 11.0 Å². The summed E-state index contributed by atoms with van der Waals surface area (Å²) in [6, 6.07) is 2.67. The van der Waals surface area contributed by atoms with E-state index in [9.17, 15) is 0 Å². The van der Waals surface area contributed by atoms with Crippen molar-refractivity contribution in [3.63, 3.8) is 0 Å². The van der Waals surface area contributed by atoms with Crippen LogP contribution in [0.2, 0.25) is 0 Å². The summed E-state index contributed by atoms with van der Waals surface area (Å²) < 4.78 is 11.3. The van der Waals surface area contributed by atoms with Gasteiger partial charge in [-0.3, -0.25) is 4.90 Å². The van der Waals surface area contributed by atoms with Crippen molar-refractivity contribution in [2.75, 3.05) is 33.4 Å². The summed E-state index contributed by atoms with van der Waals surface area (Å²) in [7, 11) is 2.02. The maximum absolute atomic E-state index is 8.68. The van der Waals surface area contributed by atoms with Crippen LogP contribution in [0.3, 0.4) is 0 Å². The fraction of sp³-hybridized carbons (Fsp3) is 0.909. The molecule has 4 nitrogen and oxygen atoms in total. The van der Waals surface area contributed by atoms with Gasteiger partial charge in [-0.2, -0.15) is 5.26 Å². The Bertz CT molecular complexity index is 256. The molecule has 0 aromatic heterocycles. The normalized spacial score (nSPS) is 35.9. The smallest absolute Gasteiger partial charge is 0.0951 e. The molecule has 2 unspecified atom stereocenters. The molecular formula is C11H18N2O2. The predicted molar refractivity (Wildman–Crippen MR) is 55.4 cm³/mol. The lowest BCUT2D eigenvalue weighted by atomic mass is 9.89. The van der Waals surface area contributed by atoms with Crippen molar-refractivity contribution in [2.45, 2.75) is 30.9 Å². The molecule has 0 radical (unpaired) electrons. The molecule has 15 heavy (non-hydrogen) atoms. The molecule has 2 aliphatic rings. The molecule has 0 aromatic carbocycles. The number of hydrogen-bond donors (Lipinski definition) is 0. The average Bonchev–Trinajstić information content (AvgIpc) is 2.67. The molecule has 0 aromatic rings. The summed E-state index contributed by atoms with van der Waals surface area (Å²) in [6.07, 6.45) is 3.04. The van der Waals surface area contributed by atoms with Crippen LogP contribution >= 0.6 is 0 Å². The zero-order valence-electron chi connectivity index (χ0n) is 9.24. The topological polar surface area (TPSA) is 45.5 Å². The van der Waals surface area contributed by atoms with Gasteiger partial charge in [0.05, 0.1) is 24.8 Å². The van der Waals surface area contributed by atoms with Crippen LogP contribution in [0.1, 0.15) is 19.3 Å². The Balaban J connectivity index is 1.95. The second kappa shape index (κ2) is 4.48. The van der Waals surface area contributed by atoms with E-state index in [0.29, 0.717) is 12.6 Å². The van der Waals surface area contributed by atoms with Crippen LogP contribution in [0.15, 0.2) is 0 Å². The Morgan fingerprint density at radius 3 is 3.07 bits per heavy atom. The lowest BCUT2D eigenvalue weighted by Crippen LogP contribution is -2.48. The van der Waals surface area contributed by atoms with E-state index in [1.54, 1.807) is 0 Å². The Hall–Kier alpha value is -0.630. The molecule has 0 bridgehead atoms. The van der Waals surface area contributed by atoms with Gasteiger partial charge in [0.1, 0.15) is 0 Å². The SMILES string of the molecule is CN(CC#N)C1CCOC2(CCOC2)C1. The van der Waals surface area contributed by atoms with Crippen LogP contribution < -0.4 is 0 Å². The molecule has 4 heteroatoms. The number of rotatable bonds is 2. The van der Waals surface area contributed by atoms with Crippen molar-refractivity contribution in [2.24, 2.45) is 0 Å². The maximum atomic E-state index is 8.68. The van der Waals surface area contributed by atoms with Crippen LogP contribution in [-0.4, -0.2) is 50.0 Å². The molecule has 0 N–H and O–H groups in total. The molecule has 0 aliphatic carbocycles. The summed E-state index contributed by atoms with van der Waals surface area (Å²) in [6.45, 7) is 2.84. The quantitative estimate of drug-likeness (QED) is 0.632. The van der Waals surface area contributed by atoms with E-state index in [-0.39, 0.29) is 5.60 Å². The lowest BCUT2D eigenvalue weighted by molar-refractivity contribution is -0.102. The van der Waals surface area contributed by atoms with Crippen molar-refractivity contribution in [1.82, 2.24) is 4.90 Å². The zero-order chi connectivity index (χ0) is 10.7. The van der Waals surface area contributed by atoms with Crippen LogP contribution in [0.5, 0.6) is 0 Å². The predicted octanol–water partition coefficient (Wildman–Crippen LogP) is 0.780. The van der Waals surface area contributed by atoms with Gasteiger partial charge in [-0.25, -0.2) is 0 Å². The summed E-state index contributed by atoms with van der Waals surface area (Å²) >= 11 is 0. The van der Waals surface area contributed by atoms with Gasteiger partial charge in [0.25, 0.3) is 0 Å². The second-order valence-electron chi connectivity index (χ2n) is 4.55. The Morgan fingerprint density at radius 1 is 1.53 bits per heavy atom. The average molecular weight is 210 g/mol. The minimum Gasteiger partial charge on any atom is -0.378 e. The van der Waals surface area contributed by atoms with Gasteiger partial charge in [-0.15, -0.1) is 0 Å². The van der Waals surface area contributed by atoms with Crippen molar-refractivity contribution in [3.05, 3.63) is 0 Å². The summed E-state index contributed by atoms with van der Waals surface area (Å²) in [4.78, 5) is 2.13. The van der Waals surface area contributed by atoms with Gasteiger partial charge < -0.3 is 9.47 Å². The standard InChI is InChI=1S/C11H18N2O2/c1-13(5-4-12)10-2-6-15-11(8-10)3-7-14-9-11/h10H,2-3,5-9H2,1H3. The summed E-state index contributed by atoms with van der Waals surface area (Å²) in [5.74, 6) is 0. The first-order chi connectivity index (χ1) is 7.26. The van der Waals surface area contributed by atoms with Crippen LogP contribution in [0.25, 0.3) is 0 Å². The van der Waals surface area contributed by atoms with Crippen LogP contribution in [-0.2, 0) is 9.47 Å². The van der Waals surface area contributed by atoms with Crippen molar-refractivity contribution in [1.29, 1.82) is 5.26 Å². The fourth-order valence-electron chi connectivity index (χ4n) is 2.48. The second-order valence-corrected chi connectivity index (χ2v) is 4.55.